The highest BCUT2D eigenvalue weighted by molar-refractivity contribution is 5.98. The zero-order valence-electron chi connectivity index (χ0n) is 11.9. The summed E-state index contributed by atoms with van der Waals surface area (Å²) in [6.07, 6.45) is 0.927. The topological polar surface area (TPSA) is 44.1 Å². The molecule has 2 aromatic rings. The van der Waals surface area contributed by atoms with Gasteiger partial charge in [-0.2, -0.15) is 5.26 Å². The minimum absolute atomic E-state index is 0.00394. The molecule has 0 saturated carbocycles. The van der Waals surface area contributed by atoms with Crippen LogP contribution >= 0.6 is 0 Å². The van der Waals surface area contributed by atoms with Gasteiger partial charge < -0.3 is 0 Å². The summed E-state index contributed by atoms with van der Waals surface area (Å²) in [5, 5.41) is 9.83. The lowest BCUT2D eigenvalue weighted by molar-refractivity contribution is -0.117. The second kappa shape index (κ2) is 5.06. The molecule has 104 valence electrons. The van der Waals surface area contributed by atoms with Crippen molar-refractivity contribution in [3.8, 4) is 6.07 Å². The van der Waals surface area contributed by atoms with E-state index in [4.69, 9.17) is 0 Å². The highest BCUT2D eigenvalue weighted by atomic mass is 16.2. The second-order valence-corrected chi connectivity index (χ2v) is 5.40. The van der Waals surface area contributed by atoms with Crippen LogP contribution in [0.3, 0.4) is 0 Å². The van der Waals surface area contributed by atoms with Crippen molar-refractivity contribution < 1.29 is 4.79 Å². The normalized spacial score (nSPS) is 21.3. The standard InChI is InChI=1S/C18H16N2O/c1-14-7-9-16(10-8-14)20-17(21)11-12-18(20,13-19)15-5-3-2-4-6-15/h2-10H,11-12H2,1H3/t18-/m0/s1. The zero-order chi connectivity index (χ0) is 14.9. The smallest absolute Gasteiger partial charge is 0.228 e. The van der Waals surface area contributed by atoms with Gasteiger partial charge in [0.1, 0.15) is 0 Å². The summed E-state index contributed by atoms with van der Waals surface area (Å²) in [6.45, 7) is 2.00. The predicted molar refractivity (Wildman–Crippen MR) is 81.6 cm³/mol. The van der Waals surface area contributed by atoms with Crippen LogP contribution in [0.25, 0.3) is 0 Å². The fourth-order valence-electron chi connectivity index (χ4n) is 2.94. The van der Waals surface area contributed by atoms with Crippen molar-refractivity contribution in [2.75, 3.05) is 4.90 Å². The van der Waals surface area contributed by atoms with Crippen molar-refractivity contribution in [2.24, 2.45) is 0 Å². The molecule has 3 heteroatoms. The molecule has 1 atom stereocenters. The molecule has 0 N–H and O–H groups in total. The number of hydrogen-bond donors (Lipinski definition) is 0. The van der Waals surface area contributed by atoms with Crippen molar-refractivity contribution in [3.63, 3.8) is 0 Å². The number of aryl methyl sites for hydroxylation is 1. The Labute approximate surface area is 124 Å². The Morgan fingerprint density at radius 3 is 2.38 bits per heavy atom. The molecule has 2 aromatic carbocycles. The first-order valence-electron chi connectivity index (χ1n) is 7.04. The lowest BCUT2D eigenvalue weighted by Gasteiger charge is -2.33. The highest BCUT2D eigenvalue weighted by Crippen LogP contribution is 2.42. The summed E-state index contributed by atoms with van der Waals surface area (Å²) < 4.78 is 0. The predicted octanol–water partition coefficient (Wildman–Crippen LogP) is 3.54. The Balaban J connectivity index is 2.14. The molecule has 0 aliphatic carbocycles. The lowest BCUT2D eigenvalue weighted by atomic mass is 9.88. The zero-order valence-corrected chi connectivity index (χ0v) is 11.9. The van der Waals surface area contributed by atoms with Gasteiger partial charge in [-0.1, -0.05) is 48.0 Å². The van der Waals surface area contributed by atoms with Crippen LogP contribution < -0.4 is 4.90 Å². The maximum absolute atomic E-state index is 12.4. The molecule has 1 heterocycles. The Morgan fingerprint density at radius 2 is 1.76 bits per heavy atom. The molecule has 0 unspecified atom stereocenters. The summed E-state index contributed by atoms with van der Waals surface area (Å²) in [7, 11) is 0. The third kappa shape index (κ3) is 2.09. The Hall–Kier alpha value is -2.60. The van der Waals surface area contributed by atoms with Gasteiger partial charge in [0.25, 0.3) is 0 Å². The number of hydrogen-bond acceptors (Lipinski definition) is 2. The van der Waals surface area contributed by atoms with Crippen molar-refractivity contribution in [1.82, 2.24) is 0 Å². The van der Waals surface area contributed by atoms with Gasteiger partial charge >= 0.3 is 0 Å². The molecule has 21 heavy (non-hydrogen) atoms. The third-order valence-electron chi connectivity index (χ3n) is 4.06. The molecule has 1 fully saturated rings. The fourth-order valence-corrected chi connectivity index (χ4v) is 2.94. The van der Waals surface area contributed by atoms with Crippen molar-refractivity contribution in [2.45, 2.75) is 25.3 Å². The maximum Gasteiger partial charge on any atom is 0.228 e. The van der Waals surface area contributed by atoms with E-state index in [-0.39, 0.29) is 5.91 Å². The minimum Gasteiger partial charge on any atom is -0.289 e. The van der Waals surface area contributed by atoms with E-state index in [0.29, 0.717) is 12.8 Å². The molecule has 3 nitrogen and oxygen atoms in total. The second-order valence-electron chi connectivity index (χ2n) is 5.40. The number of benzene rings is 2. The van der Waals surface area contributed by atoms with Crippen LogP contribution in [0.4, 0.5) is 5.69 Å². The van der Waals surface area contributed by atoms with Crippen molar-refractivity contribution in [1.29, 1.82) is 5.26 Å². The van der Waals surface area contributed by atoms with Crippen molar-refractivity contribution >= 4 is 11.6 Å². The SMILES string of the molecule is Cc1ccc(N2C(=O)CC[C@]2(C#N)c2ccccc2)cc1. The molecule has 0 spiro atoms. The van der Waals surface area contributed by atoms with Gasteiger partial charge in [-0.25, -0.2) is 0 Å². The summed E-state index contributed by atoms with van der Waals surface area (Å²) in [5.41, 5.74) is 1.90. The van der Waals surface area contributed by atoms with Crippen molar-refractivity contribution in [3.05, 3.63) is 65.7 Å². The minimum atomic E-state index is -0.895. The number of anilines is 1. The number of carbonyl (C=O) groups excluding carboxylic acids is 1. The summed E-state index contributed by atoms with van der Waals surface area (Å²) in [5.74, 6) is 0.00394. The van der Waals surface area contributed by atoms with Gasteiger partial charge in [0, 0.05) is 12.1 Å². The van der Waals surface area contributed by atoms with E-state index in [9.17, 15) is 10.1 Å². The van der Waals surface area contributed by atoms with E-state index in [0.717, 1.165) is 16.8 Å². The number of amides is 1. The Bertz CT molecular complexity index is 700. The molecule has 0 bridgehead atoms. The first-order chi connectivity index (χ1) is 10.2. The van der Waals surface area contributed by atoms with Crippen LogP contribution in [0.5, 0.6) is 0 Å². The van der Waals surface area contributed by atoms with E-state index in [1.807, 2.05) is 61.5 Å². The molecular weight excluding hydrogens is 260 g/mol. The van der Waals surface area contributed by atoms with Gasteiger partial charge in [-0.3, -0.25) is 9.69 Å². The lowest BCUT2D eigenvalue weighted by Crippen LogP contribution is -2.42. The number of rotatable bonds is 2. The van der Waals surface area contributed by atoms with Crippen LogP contribution in [-0.4, -0.2) is 5.91 Å². The van der Waals surface area contributed by atoms with Crippen LogP contribution in [0.1, 0.15) is 24.0 Å². The summed E-state index contributed by atoms with van der Waals surface area (Å²) >= 11 is 0. The number of carbonyl (C=O) groups is 1. The van der Waals surface area contributed by atoms with Crippen LogP contribution in [0.15, 0.2) is 54.6 Å². The largest absolute Gasteiger partial charge is 0.289 e. The monoisotopic (exact) mass is 276 g/mol. The average Bonchev–Trinajstić information content (AvgIpc) is 2.87. The van der Waals surface area contributed by atoms with E-state index >= 15 is 0 Å². The quantitative estimate of drug-likeness (QED) is 0.842. The molecule has 0 aromatic heterocycles. The van der Waals surface area contributed by atoms with Crippen LogP contribution in [0.2, 0.25) is 0 Å². The summed E-state index contributed by atoms with van der Waals surface area (Å²) in [4.78, 5) is 14.0. The number of nitriles is 1. The fraction of sp³-hybridized carbons (Fsp3) is 0.222. The van der Waals surface area contributed by atoms with Gasteiger partial charge in [0.05, 0.1) is 6.07 Å². The first kappa shape index (κ1) is 13.4. The van der Waals surface area contributed by atoms with Gasteiger partial charge in [0.2, 0.25) is 5.91 Å². The van der Waals surface area contributed by atoms with Gasteiger partial charge in [-0.05, 0) is 31.0 Å². The van der Waals surface area contributed by atoms with Crippen LogP contribution in [-0.2, 0) is 10.3 Å². The first-order valence-corrected chi connectivity index (χ1v) is 7.04. The maximum atomic E-state index is 12.4. The number of nitrogens with zero attached hydrogens (tertiary/aromatic N) is 2. The Morgan fingerprint density at radius 1 is 1.10 bits per heavy atom. The molecular formula is C18H16N2O. The molecule has 0 radical (unpaired) electrons. The Kier molecular flexibility index (Phi) is 3.23. The third-order valence-corrected chi connectivity index (χ3v) is 4.06. The molecule has 3 rings (SSSR count). The van der Waals surface area contributed by atoms with E-state index in [2.05, 4.69) is 6.07 Å². The van der Waals surface area contributed by atoms with Crippen LogP contribution in [0, 0.1) is 18.3 Å². The van der Waals surface area contributed by atoms with E-state index < -0.39 is 5.54 Å². The van der Waals surface area contributed by atoms with Gasteiger partial charge in [0.15, 0.2) is 5.54 Å². The van der Waals surface area contributed by atoms with E-state index in [1.165, 1.54) is 0 Å². The van der Waals surface area contributed by atoms with E-state index in [1.54, 1.807) is 4.90 Å². The highest BCUT2D eigenvalue weighted by Gasteiger charge is 2.47. The molecule has 1 aliphatic heterocycles. The average molecular weight is 276 g/mol. The summed E-state index contributed by atoms with van der Waals surface area (Å²) in [6, 6.07) is 19.7. The molecule has 1 amide bonds. The van der Waals surface area contributed by atoms with Gasteiger partial charge in [-0.15, -0.1) is 0 Å². The molecule has 1 aliphatic rings. The molecule has 1 saturated heterocycles.